The highest BCUT2D eigenvalue weighted by Crippen LogP contribution is 2.07. The van der Waals surface area contributed by atoms with Gasteiger partial charge in [0.25, 0.3) is 0 Å². The van der Waals surface area contributed by atoms with Crippen LogP contribution in [0.25, 0.3) is 0 Å². The highest BCUT2D eigenvalue weighted by Gasteiger charge is 2.15. The average Bonchev–Trinajstić information content (AvgIpc) is 2.40. The summed E-state index contributed by atoms with van der Waals surface area (Å²) in [6.07, 6.45) is 0.548. The van der Waals surface area contributed by atoms with E-state index in [2.05, 4.69) is 10.6 Å². The van der Waals surface area contributed by atoms with Gasteiger partial charge >= 0.3 is 5.97 Å². The lowest BCUT2D eigenvalue weighted by molar-refractivity contribution is -0.156. The largest absolute Gasteiger partial charge is 0.460 e. The molecule has 0 aromatic rings. The highest BCUT2D eigenvalue weighted by atomic mass is 16.6. The molecule has 1 amide bonds. The van der Waals surface area contributed by atoms with E-state index in [4.69, 9.17) is 14.2 Å². The third-order valence-corrected chi connectivity index (χ3v) is 2.41. The van der Waals surface area contributed by atoms with Crippen molar-refractivity contribution >= 4 is 11.9 Å². The van der Waals surface area contributed by atoms with Crippen molar-refractivity contribution in [3.8, 4) is 0 Å². The smallest absolute Gasteiger partial charge is 0.308 e. The summed E-state index contributed by atoms with van der Waals surface area (Å²) in [6.45, 7) is 8.33. The van der Waals surface area contributed by atoms with Crippen LogP contribution in [-0.2, 0) is 23.8 Å². The van der Waals surface area contributed by atoms with E-state index in [0.717, 1.165) is 6.54 Å². The summed E-state index contributed by atoms with van der Waals surface area (Å²) in [5, 5.41) is 5.68. The summed E-state index contributed by atoms with van der Waals surface area (Å²) >= 11 is 0. The fourth-order valence-electron chi connectivity index (χ4n) is 1.44. The average molecular weight is 318 g/mol. The van der Waals surface area contributed by atoms with E-state index in [-0.39, 0.29) is 24.9 Å². The molecule has 0 saturated heterocycles. The molecule has 0 heterocycles. The molecule has 0 aliphatic rings. The normalized spacial score (nSPS) is 11.3. The molecule has 7 heteroatoms. The van der Waals surface area contributed by atoms with Crippen LogP contribution in [0.5, 0.6) is 0 Å². The Balaban J connectivity index is 3.38. The van der Waals surface area contributed by atoms with Crippen LogP contribution in [-0.4, -0.2) is 64.0 Å². The fraction of sp³-hybridized carbons (Fsp3) is 0.867. The van der Waals surface area contributed by atoms with Crippen molar-refractivity contribution in [3.05, 3.63) is 0 Å². The first-order valence-electron chi connectivity index (χ1n) is 7.64. The van der Waals surface area contributed by atoms with Crippen molar-refractivity contribution in [1.82, 2.24) is 10.6 Å². The number of hydrogen-bond donors (Lipinski definition) is 2. The van der Waals surface area contributed by atoms with Gasteiger partial charge < -0.3 is 24.8 Å². The summed E-state index contributed by atoms with van der Waals surface area (Å²) in [5.41, 5.74) is -0.472. The van der Waals surface area contributed by atoms with Crippen LogP contribution in [0.3, 0.4) is 0 Å². The molecular formula is C15H30N2O5. The van der Waals surface area contributed by atoms with E-state index in [1.54, 1.807) is 0 Å². The SMILES string of the molecule is CNCCOCCC(=O)NCCOCCC(=O)OC(C)(C)C. The van der Waals surface area contributed by atoms with Gasteiger partial charge in [0.05, 0.1) is 32.8 Å². The van der Waals surface area contributed by atoms with Crippen molar-refractivity contribution in [2.24, 2.45) is 0 Å². The van der Waals surface area contributed by atoms with Gasteiger partial charge in [0.15, 0.2) is 0 Å². The lowest BCUT2D eigenvalue weighted by Crippen LogP contribution is -2.29. The molecule has 0 aliphatic carbocycles. The van der Waals surface area contributed by atoms with E-state index >= 15 is 0 Å². The molecule has 0 aromatic carbocycles. The van der Waals surface area contributed by atoms with Crippen LogP contribution >= 0.6 is 0 Å². The van der Waals surface area contributed by atoms with Gasteiger partial charge in [-0.1, -0.05) is 0 Å². The molecule has 0 aromatic heterocycles. The lowest BCUT2D eigenvalue weighted by atomic mass is 10.2. The Bertz CT molecular complexity index is 316. The number of amides is 1. The fourth-order valence-corrected chi connectivity index (χ4v) is 1.44. The van der Waals surface area contributed by atoms with Crippen LogP contribution in [0.2, 0.25) is 0 Å². The summed E-state index contributed by atoms with van der Waals surface area (Å²) < 4.78 is 15.7. The number of likely N-dealkylation sites (N-methyl/N-ethyl adjacent to an activating group) is 1. The van der Waals surface area contributed by atoms with Gasteiger partial charge in [0, 0.05) is 19.5 Å². The van der Waals surface area contributed by atoms with Crippen LogP contribution in [0, 0.1) is 0 Å². The second kappa shape index (κ2) is 12.4. The van der Waals surface area contributed by atoms with Gasteiger partial charge in [-0.3, -0.25) is 9.59 Å². The maximum absolute atomic E-state index is 11.4. The zero-order chi connectivity index (χ0) is 16.8. The van der Waals surface area contributed by atoms with Crippen molar-refractivity contribution in [2.75, 3.05) is 46.6 Å². The van der Waals surface area contributed by atoms with Crippen LogP contribution in [0.15, 0.2) is 0 Å². The van der Waals surface area contributed by atoms with Crippen LogP contribution < -0.4 is 10.6 Å². The Morgan fingerprint density at radius 1 is 0.909 bits per heavy atom. The van der Waals surface area contributed by atoms with Gasteiger partial charge in [-0.15, -0.1) is 0 Å². The Morgan fingerprint density at radius 2 is 1.50 bits per heavy atom. The van der Waals surface area contributed by atoms with Gasteiger partial charge in [-0.05, 0) is 27.8 Å². The van der Waals surface area contributed by atoms with Crippen molar-refractivity contribution in [2.45, 2.75) is 39.2 Å². The first-order valence-corrected chi connectivity index (χ1v) is 7.64. The number of hydrogen-bond acceptors (Lipinski definition) is 6. The van der Waals surface area contributed by atoms with Gasteiger partial charge in [-0.2, -0.15) is 0 Å². The Hall–Kier alpha value is -1.18. The third kappa shape index (κ3) is 15.2. The Morgan fingerprint density at radius 3 is 2.09 bits per heavy atom. The summed E-state index contributed by atoms with van der Waals surface area (Å²) in [7, 11) is 1.85. The Kier molecular flexibility index (Phi) is 11.7. The standard InChI is InChI=1S/C15H30N2O5/c1-15(2,3)22-14(19)6-10-21-12-8-17-13(18)5-9-20-11-7-16-4/h16H,5-12H2,1-4H3,(H,17,18). The molecular weight excluding hydrogens is 288 g/mol. The molecule has 0 unspecified atom stereocenters. The molecule has 0 spiro atoms. The molecule has 22 heavy (non-hydrogen) atoms. The third-order valence-electron chi connectivity index (χ3n) is 2.41. The number of esters is 1. The summed E-state index contributed by atoms with van der Waals surface area (Å²) in [4.78, 5) is 22.8. The molecule has 130 valence electrons. The first kappa shape index (κ1) is 20.8. The van der Waals surface area contributed by atoms with E-state index in [1.807, 2.05) is 27.8 Å². The van der Waals surface area contributed by atoms with E-state index in [9.17, 15) is 9.59 Å². The van der Waals surface area contributed by atoms with E-state index in [1.165, 1.54) is 0 Å². The van der Waals surface area contributed by atoms with E-state index in [0.29, 0.717) is 32.8 Å². The second-order valence-electron chi connectivity index (χ2n) is 5.76. The lowest BCUT2D eigenvalue weighted by Gasteiger charge is -2.19. The molecule has 0 aliphatic heterocycles. The molecule has 2 N–H and O–H groups in total. The second-order valence-corrected chi connectivity index (χ2v) is 5.76. The minimum absolute atomic E-state index is 0.0693. The Labute approximate surface area is 133 Å². The summed E-state index contributed by atoms with van der Waals surface area (Å²) in [6, 6.07) is 0. The maximum Gasteiger partial charge on any atom is 0.308 e. The molecule has 7 nitrogen and oxygen atoms in total. The van der Waals surface area contributed by atoms with Gasteiger partial charge in [-0.25, -0.2) is 0 Å². The number of carbonyl (C=O) groups excluding carboxylic acids is 2. The topological polar surface area (TPSA) is 85.9 Å². The zero-order valence-corrected chi connectivity index (χ0v) is 14.2. The molecule has 0 rings (SSSR count). The number of nitrogens with one attached hydrogen (secondary N) is 2. The van der Waals surface area contributed by atoms with Crippen LogP contribution in [0.1, 0.15) is 33.6 Å². The number of ether oxygens (including phenoxy) is 3. The van der Waals surface area contributed by atoms with Gasteiger partial charge in [0.2, 0.25) is 5.91 Å². The first-order chi connectivity index (χ1) is 10.3. The predicted octanol–water partition coefficient (Wildman–Crippen LogP) is 0.477. The van der Waals surface area contributed by atoms with Crippen LogP contribution in [0.4, 0.5) is 0 Å². The molecule has 0 atom stereocenters. The maximum atomic E-state index is 11.4. The monoisotopic (exact) mass is 318 g/mol. The van der Waals surface area contributed by atoms with Crippen molar-refractivity contribution < 1.29 is 23.8 Å². The predicted molar refractivity (Wildman–Crippen MR) is 83.7 cm³/mol. The summed E-state index contributed by atoms with van der Waals surface area (Å²) in [5.74, 6) is -0.351. The molecule has 0 radical (unpaired) electrons. The van der Waals surface area contributed by atoms with Crippen molar-refractivity contribution in [1.29, 1.82) is 0 Å². The number of carbonyl (C=O) groups is 2. The zero-order valence-electron chi connectivity index (χ0n) is 14.2. The van der Waals surface area contributed by atoms with Gasteiger partial charge in [0.1, 0.15) is 5.60 Å². The number of rotatable bonds is 12. The highest BCUT2D eigenvalue weighted by molar-refractivity contribution is 5.75. The van der Waals surface area contributed by atoms with Crippen molar-refractivity contribution in [3.63, 3.8) is 0 Å². The quantitative estimate of drug-likeness (QED) is 0.402. The molecule has 0 fully saturated rings. The minimum atomic E-state index is -0.472. The minimum Gasteiger partial charge on any atom is -0.460 e. The molecule has 0 bridgehead atoms. The molecule has 0 saturated carbocycles. The van der Waals surface area contributed by atoms with E-state index < -0.39 is 5.60 Å².